The molecule has 2 heterocycles. The van der Waals surface area contributed by atoms with Gasteiger partial charge in [-0.05, 0) is 60.1 Å². The molecule has 0 aliphatic carbocycles. The summed E-state index contributed by atoms with van der Waals surface area (Å²) in [5.74, 6) is -0.165. The highest BCUT2D eigenvalue weighted by molar-refractivity contribution is 7.99. The number of rotatable bonds is 13. The summed E-state index contributed by atoms with van der Waals surface area (Å²) < 4.78 is 36.7. The number of nitrogens with zero attached hydrogens (tertiary/aromatic N) is 1. The lowest BCUT2D eigenvalue weighted by atomic mass is 9.96. The first-order valence-electron chi connectivity index (χ1n) is 16.5. The second-order valence-electron chi connectivity index (χ2n) is 13.6. The minimum atomic E-state index is -2.64. The molecular weight excluding hydrogens is 675 g/mol. The zero-order chi connectivity index (χ0) is 36.1. The summed E-state index contributed by atoms with van der Waals surface area (Å²) in [6.07, 6.45) is -2.07. The van der Waals surface area contributed by atoms with Crippen molar-refractivity contribution in [2.45, 2.75) is 80.2 Å². The molecule has 0 unspecified atom stereocenters. The summed E-state index contributed by atoms with van der Waals surface area (Å²) in [7, 11) is -1.04. The van der Waals surface area contributed by atoms with E-state index >= 15 is 0 Å². The standard InChI is InChI=1S/C38H45NO9SSi/c1-8-22-44-37(42)46-24-30-32(45-23-25-18-20-26(43-5)21-19-25)33(48-50(6,7)38(2,3)4)31(36(47-30)49-27-14-10-9-11-15-27)39-34(40)28-16-12-13-17-29(28)35(39)41/h8-21,30-33,36H,1,22-24H2,2-7H3/t30-,31-,32-,33-,36+/m1/s1. The molecule has 3 aromatic rings. The number of amides is 2. The lowest BCUT2D eigenvalue weighted by Crippen LogP contribution is -2.68. The molecule has 2 amide bonds. The molecule has 2 aliphatic heterocycles. The zero-order valence-corrected chi connectivity index (χ0v) is 31.1. The van der Waals surface area contributed by atoms with Crippen molar-refractivity contribution >= 4 is 38.0 Å². The molecule has 0 N–H and O–H groups in total. The van der Waals surface area contributed by atoms with Crippen molar-refractivity contribution in [3.8, 4) is 5.75 Å². The molecule has 0 bridgehead atoms. The average molecular weight is 720 g/mol. The van der Waals surface area contributed by atoms with Crippen molar-refractivity contribution in [2.75, 3.05) is 20.3 Å². The predicted octanol–water partition coefficient (Wildman–Crippen LogP) is 7.49. The van der Waals surface area contributed by atoms with E-state index in [9.17, 15) is 14.4 Å². The fraction of sp³-hybridized carbons (Fsp3) is 0.395. The van der Waals surface area contributed by atoms with Crippen LogP contribution in [-0.2, 0) is 30.0 Å². The van der Waals surface area contributed by atoms with E-state index in [2.05, 4.69) is 40.4 Å². The molecule has 50 heavy (non-hydrogen) atoms. The second kappa shape index (κ2) is 15.9. The molecule has 0 saturated carbocycles. The maximum atomic E-state index is 14.2. The van der Waals surface area contributed by atoms with Gasteiger partial charge in [0.15, 0.2) is 8.32 Å². The van der Waals surface area contributed by atoms with Crippen LogP contribution in [0.25, 0.3) is 0 Å². The Morgan fingerprint density at radius 1 is 0.920 bits per heavy atom. The number of carbonyl (C=O) groups is 3. The van der Waals surface area contributed by atoms with Gasteiger partial charge in [0.05, 0.1) is 30.9 Å². The van der Waals surface area contributed by atoms with Gasteiger partial charge in [-0.3, -0.25) is 14.5 Å². The van der Waals surface area contributed by atoms with Gasteiger partial charge in [-0.1, -0.05) is 87.7 Å². The molecule has 10 nitrogen and oxygen atoms in total. The maximum Gasteiger partial charge on any atom is 0.508 e. The van der Waals surface area contributed by atoms with Gasteiger partial charge in [0, 0.05) is 4.90 Å². The average Bonchev–Trinajstić information content (AvgIpc) is 3.34. The smallest absolute Gasteiger partial charge is 0.497 e. The van der Waals surface area contributed by atoms with Crippen LogP contribution < -0.4 is 4.74 Å². The van der Waals surface area contributed by atoms with Gasteiger partial charge < -0.3 is 28.1 Å². The summed E-state index contributed by atoms with van der Waals surface area (Å²) >= 11 is 1.36. The number of imide groups is 1. The van der Waals surface area contributed by atoms with Crippen molar-refractivity contribution < 1.29 is 42.5 Å². The van der Waals surface area contributed by atoms with Gasteiger partial charge in [0.1, 0.15) is 42.6 Å². The first-order valence-corrected chi connectivity index (χ1v) is 20.3. The monoisotopic (exact) mass is 719 g/mol. The van der Waals surface area contributed by atoms with Crippen LogP contribution >= 0.6 is 11.8 Å². The summed E-state index contributed by atoms with van der Waals surface area (Å²) in [6, 6.07) is 22.9. The Morgan fingerprint density at radius 3 is 2.12 bits per heavy atom. The first-order chi connectivity index (χ1) is 23.8. The molecule has 3 aromatic carbocycles. The third kappa shape index (κ3) is 8.32. The number of hydrogen-bond acceptors (Lipinski definition) is 10. The molecule has 0 spiro atoms. The first kappa shape index (κ1) is 37.3. The van der Waals surface area contributed by atoms with Crippen LogP contribution in [0.1, 0.15) is 47.1 Å². The van der Waals surface area contributed by atoms with E-state index in [1.54, 1.807) is 31.4 Å². The zero-order valence-electron chi connectivity index (χ0n) is 29.3. The highest BCUT2D eigenvalue weighted by atomic mass is 32.2. The van der Waals surface area contributed by atoms with Crippen LogP contribution in [0, 0.1) is 0 Å². The SMILES string of the molecule is C=CCOC(=O)OC[C@H]1O[C@@H](Sc2ccccc2)[C@H](N2C(=O)c3ccccc3C2=O)[C@@H](O[Si](C)(C)C(C)(C)C)[C@@H]1OCc1ccc(OC)cc1. The van der Waals surface area contributed by atoms with Gasteiger partial charge >= 0.3 is 6.16 Å². The van der Waals surface area contributed by atoms with Crippen LogP contribution in [0.5, 0.6) is 5.75 Å². The highest BCUT2D eigenvalue weighted by Gasteiger charge is 2.57. The topological polar surface area (TPSA) is 110 Å². The van der Waals surface area contributed by atoms with Crippen LogP contribution in [0.15, 0.2) is 96.4 Å². The fourth-order valence-corrected chi connectivity index (χ4v) is 8.10. The van der Waals surface area contributed by atoms with Crippen molar-refractivity contribution in [3.05, 3.63) is 108 Å². The largest absolute Gasteiger partial charge is 0.508 e. The van der Waals surface area contributed by atoms with Crippen LogP contribution in [0.3, 0.4) is 0 Å². The van der Waals surface area contributed by atoms with Gasteiger partial charge in [-0.25, -0.2) is 4.79 Å². The van der Waals surface area contributed by atoms with Crippen molar-refractivity contribution in [3.63, 3.8) is 0 Å². The second-order valence-corrected chi connectivity index (χ2v) is 19.5. The Hall–Kier alpha value is -3.94. The quantitative estimate of drug-likeness (QED) is 0.0763. The molecule has 12 heteroatoms. The summed E-state index contributed by atoms with van der Waals surface area (Å²) in [4.78, 5) is 43.1. The van der Waals surface area contributed by atoms with Gasteiger partial charge in [-0.15, -0.1) is 0 Å². The fourth-order valence-electron chi connectivity index (χ4n) is 5.59. The number of methoxy groups -OCH3 is 1. The van der Waals surface area contributed by atoms with E-state index in [1.807, 2.05) is 54.6 Å². The van der Waals surface area contributed by atoms with Crippen molar-refractivity contribution in [2.24, 2.45) is 0 Å². The summed E-state index contributed by atoms with van der Waals surface area (Å²) in [5.41, 5.74) is 0.657. The van der Waals surface area contributed by atoms with E-state index in [1.165, 1.54) is 22.7 Å². The summed E-state index contributed by atoms with van der Waals surface area (Å²) in [6.45, 7) is 14.0. The molecule has 0 radical (unpaired) electrons. The van der Waals surface area contributed by atoms with E-state index in [0.29, 0.717) is 16.9 Å². The van der Waals surface area contributed by atoms with Crippen LogP contribution in [0.4, 0.5) is 4.79 Å². The maximum absolute atomic E-state index is 14.2. The number of carbonyl (C=O) groups excluding carboxylic acids is 3. The molecule has 5 atom stereocenters. The molecule has 1 saturated heterocycles. The Morgan fingerprint density at radius 2 is 1.54 bits per heavy atom. The van der Waals surface area contributed by atoms with Gasteiger partial charge in [0.25, 0.3) is 11.8 Å². The van der Waals surface area contributed by atoms with E-state index in [0.717, 1.165) is 10.5 Å². The van der Waals surface area contributed by atoms with E-state index in [4.69, 9.17) is 28.1 Å². The molecule has 5 rings (SSSR count). The number of ether oxygens (including phenoxy) is 5. The van der Waals surface area contributed by atoms with Crippen LogP contribution in [0.2, 0.25) is 18.1 Å². The lowest BCUT2D eigenvalue weighted by Gasteiger charge is -2.51. The lowest BCUT2D eigenvalue weighted by molar-refractivity contribution is -0.200. The molecule has 2 aliphatic rings. The molecule has 266 valence electrons. The van der Waals surface area contributed by atoms with Crippen molar-refractivity contribution in [1.29, 1.82) is 0 Å². The molecule has 0 aromatic heterocycles. The number of benzene rings is 3. The summed E-state index contributed by atoms with van der Waals surface area (Å²) in [5, 5.41) is -0.249. The number of hydrogen-bond donors (Lipinski definition) is 0. The normalized spacial score (nSPS) is 22.2. The minimum Gasteiger partial charge on any atom is -0.497 e. The number of thioether (sulfide) groups is 1. The van der Waals surface area contributed by atoms with Crippen LogP contribution in [-0.4, -0.2) is 81.3 Å². The van der Waals surface area contributed by atoms with Gasteiger partial charge in [-0.2, -0.15) is 0 Å². The third-order valence-corrected chi connectivity index (χ3v) is 14.9. The number of fused-ring (bicyclic) bond motifs is 1. The van der Waals surface area contributed by atoms with E-state index < -0.39 is 56.1 Å². The van der Waals surface area contributed by atoms with E-state index in [-0.39, 0.29) is 24.9 Å². The van der Waals surface area contributed by atoms with Crippen molar-refractivity contribution in [1.82, 2.24) is 4.90 Å². The minimum absolute atomic E-state index is 0.0207. The Kier molecular flexibility index (Phi) is 11.9. The van der Waals surface area contributed by atoms with Gasteiger partial charge in [0.2, 0.25) is 0 Å². The Balaban J connectivity index is 1.62. The third-order valence-electron chi connectivity index (χ3n) is 9.26. The molecular formula is C38H45NO9SSi. The Labute approximate surface area is 299 Å². The molecule has 1 fully saturated rings. The highest BCUT2D eigenvalue weighted by Crippen LogP contribution is 2.45. The Bertz CT molecular complexity index is 1630. The predicted molar refractivity (Wildman–Crippen MR) is 193 cm³/mol.